The van der Waals surface area contributed by atoms with E-state index in [2.05, 4.69) is 11.8 Å². The normalized spacial score (nSPS) is 28.4. The van der Waals surface area contributed by atoms with Crippen LogP contribution in [0.4, 0.5) is 0 Å². The topological polar surface area (TPSA) is 40.5 Å². The molecule has 18 heavy (non-hydrogen) atoms. The van der Waals surface area contributed by atoms with Gasteiger partial charge in [0.1, 0.15) is 0 Å². The third-order valence-electron chi connectivity index (χ3n) is 4.65. The van der Waals surface area contributed by atoms with E-state index in [4.69, 9.17) is 5.11 Å². The van der Waals surface area contributed by atoms with Gasteiger partial charge in [-0.05, 0) is 31.2 Å². The summed E-state index contributed by atoms with van der Waals surface area (Å²) in [6, 6.07) is 0. The van der Waals surface area contributed by atoms with Crippen molar-refractivity contribution in [2.24, 2.45) is 17.8 Å². The molecule has 0 bridgehead atoms. The van der Waals surface area contributed by atoms with Crippen molar-refractivity contribution in [3.05, 3.63) is 0 Å². The van der Waals surface area contributed by atoms with Crippen LogP contribution in [0.5, 0.6) is 0 Å². The fourth-order valence-corrected chi connectivity index (χ4v) is 3.71. The Morgan fingerprint density at radius 3 is 2.61 bits per heavy atom. The average molecular weight is 253 g/mol. The molecule has 1 aliphatic heterocycles. The molecule has 2 unspecified atom stereocenters. The number of carbonyl (C=O) groups is 1. The van der Waals surface area contributed by atoms with E-state index in [1.165, 1.54) is 38.5 Å². The van der Waals surface area contributed by atoms with Crippen LogP contribution in [-0.2, 0) is 4.79 Å². The third-order valence-corrected chi connectivity index (χ3v) is 4.65. The lowest BCUT2D eigenvalue weighted by molar-refractivity contribution is -0.141. The minimum atomic E-state index is -0.613. The maximum absolute atomic E-state index is 10.9. The van der Waals surface area contributed by atoms with Crippen LogP contribution in [0.2, 0.25) is 0 Å². The monoisotopic (exact) mass is 253 g/mol. The van der Waals surface area contributed by atoms with E-state index in [0.717, 1.165) is 37.9 Å². The molecule has 2 aliphatic rings. The molecule has 0 amide bonds. The first-order valence-corrected chi connectivity index (χ1v) is 7.60. The number of carboxylic acids is 1. The standard InChI is InChI=1S/C15H27NO2/c1-12(9-13-5-3-2-4-6-13)10-16-8-7-14(11-16)15(17)18/h12-14H,2-11H2,1H3,(H,17,18). The van der Waals surface area contributed by atoms with Crippen LogP contribution < -0.4 is 0 Å². The summed E-state index contributed by atoms with van der Waals surface area (Å²) in [6.07, 6.45) is 9.28. The lowest BCUT2D eigenvalue weighted by Gasteiger charge is -2.27. The van der Waals surface area contributed by atoms with Crippen LogP contribution in [0.25, 0.3) is 0 Å². The molecule has 3 heteroatoms. The summed E-state index contributed by atoms with van der Waals surface area (Å²) in [5.41, 5.74) is 0. The van der Waals surface area contributed by atoms with E-state index in [9.17, 15) is 4.79 Å². The van der Waals surface area contributed by atoms with Gasteiger partial charge in [0.25, 0.3) is 0 Å². The second kappa shape index (κ2) is 6.55. The van der Waals surface area contributed by atoms with Crippen LogP contribution in [0.15, 0.2) is 0 Å². The van der Waals surface area contributed by atoms with Crippen molar-refractivity contribution in [2.45, 2.75) is 51.9 Å². The first-order chi connectivity index (χ1) is 8.65. The predicted molar refractivity (Wildman–Crippen MR) is 72.5 cm³/mol. The Bertz CT molecular complexity index is 274. The molecule has 0 radical (unpaired) electrons. The van der Waals surface area contributed by atoms with Gasteiger partial charge in [-0.15, -0.1) is 0 Å². The molecule has 0 aromatic carbocycles. The van der Waals surface area contributed by atoms with Gasteiger partial charge >= 0.3 is 5.97 Å². The summed E-state index contributed by atoms with van der Waals surface area (Å²) in [5.74, 6) is 0.927. The maximum atomic E-state index is 10.9. The molecule has 2 rings (SSSR count). The van der Waals surface area contributed by atoms with Crippen LogP contribution in [0.1, 0.15) is 51.9 Å². The van der Waals surface area contributed by atoms with Crippen molar-refractivity contribution < 1.29 is 9.90 Å². The van der Waals surface area contributed by atoms with Crippen molar-refractivity contribution >= 4 is 5.97 Å². The van der Waals surface area contributed by atoms with Crippen molar-refractivity contribution in [1.29, 1.82) is 0 Å². The van der Waals surface area contributed by atoms with E-state index >= 15 is 0 Å². The fourth-order valence-electron chi connectivity index (χ4n) is 3.71. The second-order valence-corrected chi connectivity index (χ2v) is 6.43. The third kappa shape index (κ3) is 3.98. The largest absolute Gasteiger partial charge is 0.481 e. The highest BCUT2D eigenvalue weighted by Crippen LogP contribution is 2.29. The Morgan fingerprint density at radius 1 is 1.28 bits per heavy atom. The number of hydrogen-bond acceptors (Lipinski definition) is 2. The molecule has 1 N–H and O–H groups in total. The van der Waals surface area contributed by atoms with Crippen molar-refractivity contribution in [3.8, 4) is 0 Å². The maximum Gasteiger partial charge on any atom is 0.307 e. The van der Waals surface area contributed by atoms with Crippen LogP contribution in [0, 0.1) is 17.8 Å². The molecule has 1 heterocycles. The Labute approximate surface area is 111 Å². The van der Waals surface area contributed by atoms with Crippen molar-refractivity contribution in [1.82, 2.24) is 4.90 Å². The smallest absolute Gasteiger partial charge is 0.307 e. The van der Waals surface area contributed by atoms with Gasteiger partial charge in [0.2, 0.25) is 0 Å². The minimum Gasteiger partial charge on any atom is -0.481 e. The zero-order chi connectivity index (χ0) is 13.0. The number of likely N-dealkylation sites (tertiary alicyclic amines) is 1. The van der Waals surface area contributed by atoms with E-state index in [0.29, 0.717) is 0 Å². The summed E-state index contributed by atoms with van der Waals surface area (Å²) in [4.78, 5) is 13.3. The highest BCUT2D eigenvalue weighted by Gasteiger charge is 2.29. The summed E-state index contributed by atoms with van der Waals surface area (Å²) >= 11 is 0. The Balaban J connectivity index is 1.68. The molecular weight excluding hydrogens is 226 g/mol. The molecule has 1 saturated carbocycles. The molecule has 104 valence electrons. The zero-order valence-corrected chi connectivity index (χ0v) is 11.6. The van der Waals surface area contributed by atoms with Gasteiger partial charge in [-0.3, -0.25) is 4.79 Å². The highest BCUT2D eigenvalue weighted by molar-refractivity contribution is 5.70. The van der Waals surface area contributed by atoms with E-state index < -0.39 is 5.97 Å². The van der Waals surface area contributed by atoms with Crippen LogP contribution in [0.3, 0.4) is 0 Å². The average Bonchev–Trinajstić information content (AvgIpc) is 2.78. The lowest BCUT2D eigenvalue weighted by Crippen LogP contribution is -2.29. The molecule has 0 spiro atoms. The zero-order valence-electron chi connectivity index (χ0n) is 11.6. The minimum absolute atomic E-state index is 0.119. The summed E-state index contributed by atoms with van der Waals surface area (Å²) in [6.45, 7) is 5.18. The first kappa shape index (κ1) is 13.9. The van der Waals surface area contributed by atoms with Crippen molar-refractivity contribution in [3.63, 3.8) is 0 Å². The fraction of sp³-hybridized carbons (Fsp3) is 0.933. The van der Waals surface area contributed by atoms with Gasteiger partial charge < -0.3 is 10.0 Å². The van der Waals surface area contributed by atoms with E-state index in [-0.39, 0.29) is 5.92 Å². The van der Waals surface area contributed by atoms with Gasteiger partial charge in [-0.25, -0.2) is 0 Å². The quantitative estimate of drug-likeness (QED) is 0.819. The molecule has 2 atom stereocenters. The number of aliphatic carboxylic acids is 1. The van der Waals surface area contributed by atoms with Crippen LogP contribution >= 0.6 is 0 Å². The van der Waals surface area contributed by atoms with Gasteiger partial charge in [-0.2, -0.15) is 0 Å². The molecule has 0 aromatic heterocycles. The van der Waals surface area contributed by atoms with Gasteiger partial charge in [0.15, 0.2) is 0 Å². The molecular formula is C15H27NO2. The summed E-state index contributed by atoms with van der Waals surface area (Å²) < 4.78 is 0. The molecule has 2 fully saturated rings. The van der Waals surface area contributed by atoms with Gasteiger partial charge in [0.05, 0.1) is 5.92 Å². The Morgan fingerprint density at radius 2 is 2.00 bits per heavy atom. The molecule has 3 nitrogen and oxygen atoms in total. The number of nitrogens with zero attached hydrogens (tertiary/aromatic N) is 1. The van der Waals surface area contributed by atoms with E-state index in [1.54, 1.807) is 0 Å². The molecule has 1 saturated heterocycles. The van der Waals surface area contributed by atoms with E-state index in [1.807, 2.05) is 0 Å². The lowest BCUT2D eigenvalue weighted by atomic mass is 9.83. The number of hydrogen-bond donors (Lipinski definition) is 1. The first-order valence-electron chi connectivity index (χ1n) is 7.60. The number of rotatable bonds is 5. The molecule has 0 aromatic rings. The highest BCUT2D eigenvalue weighted by atomic mass is 16.4. The van der Waals surface area contributed by atoms with Crippen molar-refractivity contribution in [2.75, 3.05) is 19.6 Å². The van der Waals surface area contributed by atoms with Gasteiger partial charge in [-0.1, -0.05) is 39.0 Å². The molecule has 1 aliphatic carbocycles. The van der Waals surface area contributed by atoms with Crippen LogP contribution in [-0.4, -0.2) is 35.6 Å². The SMILES string of the molecule is CC(CC1CCCCC1)CN1CCC(C(=O)O)C1. The van der Waals surface area contributed by atoms with Gasteiger partial charge in [0, 0.05) is 13.1 Å². The Kier molecular flexibility index (Phi) is 5.04. The number of carboxylic acid groups (broad SMARTS) is 1. The second-order valence-electron chi connectivity index (χ2n) is 6.43. The summed E-state index contributed by atoms with van der Waals surface area (Å²) in [5, 5.41) is 9.00. The predicted octanol–water partition coefficient (Wildman–Crippen LogP) is 3.00. The summed E-state index contributed by atoms with van der Waals surface area (Å²) in [7, 11) is 0. The Hall–Kier alpha value is -0.570.